The molecule has 2 aromatic rings. The summed E-state index contributed by atoms with van der Waals surface area (Å²) in [5, 5.41) is 2.82. The van der Waals surface area contributed by atoms with Gasteiger partial charge in [-0.1, -0.05) is 18.2 Å². The first-order valence-corrected chi connectivity index (χ1v) is 12.3. The fourth-order valence-corrected chi connectivity index (χ4v) is 4.57. The molecule has 1 amide bonds. The topological polar surface area (TPSA) is 61.9 Å². The number of carbonyl (C=O) groups is 2. The average molecular weight is 456 g/mol. The number of rotatable bonds is 10. The van der Waals surface area contributed by atoms with Crippen LogP contribution in [0.15, 0.2) is 47.4 Å². The molecular weight excluding hydrogens is 422 g/mol. The minimum Gasteiger partial charge on any atom is -0.495 e. The number of benzene rings is 2. The molecule has 0 unspecified atom stereocenters. The standard InChI is InChI=1S/C25H33N3O3S/c1-19(29)26-21-18-20(11-12-25(21)32-3)23(30)9-6-7-13-27-14-16-28(17-15-27)22-8-4-5-10-24(22)31-2/h4-5,8,10-12,18H,6-7,9,13-17H2,1-3H3,(H,26,29). The van der Waals surface area contributed by atoms with Crippen LogP contribution in [0.25, 0.3) is 0 Å². The van der Waals surface area contributed by atoms with E-state index in [0.717, 1.165) is 61.9 Å². The van der Waals surface area contributed by atoms with E-state index >= 15 is 0 Å². The van der Waals surface area contributed by atoms with Crippen LogP contribution in [0.5, 0.6) is 5.75 Å². The molecule has 32 heavy (non-hydrogen) atoms. The van der Waals surface area contributed by atoms with Gasteiger partial charge in [0, 0.05) is 50.0 Å². The molecule has 0 aliphatic carbocycles. The lowest BCUT2D eigenvalue weighted by Crippen LogP contribution is -2.46. The van der Waals surface area contributed by atoms with Crippen LogP contribution in [0.1, 0.15) is 36.5 Å². The highest BCUT2D eigenvalue weighted by Gasteiger charge is 2.19. The Morgan fingerprint density at radius 3 is 2.50 bits per heavy atom. The number of nitrogens with one attached hydrogen (secondary N) is 1. The summed E-state index contributed by atoms with van der Waals surface area (Å²) >= 11 is 1.55. The Bertz CT molecular complexity index is 926. The molecule has 0 spiro atoms. The molecule has 0 bridgehead atoms. The maximum absolute atomic E-state index is 12.6. The summed E-state index contributed by atoms with van der Waals surface area (Å²) in [5.74, 6) is 0.924. The Morgan fingerprint density at radius 2 is 1.81 bits per heavy atom. The van der Waals surface area contributed by atoms with Gasteiger partial charge in [-0.2, -0.15) is 0 Å². The van der Waals surface area contributed by atoms with Crippen molar-refractivity contribution in [2.45, 2.75) is 31.1 Å². The van der Waals surface area contributed by atoms with Gasteiger partial charge in [0.1, 0.15) is 5.75 Å². The summed E-state index contributed by atoms with van der Waals surface area (Å²) in [7, 11) is 1.72. The number of carbonyl (C=O) groups excluding carboxylic acids is 2. The van der Waals surface area contributed by atoms with Crippen LogP contribution in [0.4, 0.5) is 11.4 Å². The van der Waals surface area contributed by atoms with E-state index in [9.17, 15) is 9.59 Å². The Balaban J connectivity index is 1.42. The zero-order valence-corrected chi connectivity index (χ0v) is 20.0. The molecule has 172 valence electrons. The maximum Gasteiger partial charge on any atom is 0.221 e. The number of ether oxygens (including phenoxy) is 1. The minimum absolute atomic E-state index is 0.129. The largest absolute Gasteiger partial charge is 0.495 e. The van der Waals surface area contributed by atoms with Gasteiger partial charge in [0.2, 0.25) is 5.91 Å². The van der Waals surface area contributed by atoms with Crippen molar-refractivity contribution in [2.24, 2.45) is 0 Å². The Labute approximate surface area is 195 Å². The second-order valence-corrected chi connectivity index (χ2v) is 8.83. The number of Topliss-reactive ketones (excluding diaryl/α,β-unsaturated/α-hetero) is 1. The summed E-state index contributed by atoms with van der Waals surface area (Å²) in [6.45, 7) is 6.48. The van der Waals surface area contributed by atoms with E-state index in [2.05, 4.69) is 27.2 Å². The van der Waals surface area contributed by atoms with E-state index < -0.39 is 0 Å². The monoisotopic (exact) mass is 455 g/mol. The highest BCUT2D eigenvalue weighted by atomic mass is 32.2. The molecule has 0 atom stereocenters. The second kappa shape index (κ2) is 11.9. The molecule has 1 saturated heterocycles. The van der Waals surface area contributed by atoms with Crippen LogP contribution in [0, 0.1) is 0 Å². The van der Waals surface area contributed by atoms with Crippen molar-refractivity contribution in [1.29, 1.82) is 0 Å². The Hall–Kier alpha value is -2.51. The van der Waals surface area contributed by atoms with Crippen LogP contribution in [-0.4, -0.2) is 62.7 Å². The predicted molar refractivity (Wildman–Crippen MR) is 132 cm³/mol. The summed E-state index contributed by atoms with van der Waals surface area (Å²) in [5.41, 5.74) is 2.53. The fourth-order valence-electron chi connectivity index (χ4n) is 4.04. The fraction of sp³-hybridized carbons (Fsp3) is 0.440. The van der Waals surface area contributed by atoms with E-state index in [-0.39, 0.29) is 11.7 Å². The first-order valence-electron chi connectivity index (χ1n) is 11.1. The number of anilines is 2. The Kier molecular flexibility index (Phi) is 9.00. The van der Waals surface area contributed by atoms with Gasteiger partial charge >= 0.3 is 0 Å². The van der Waals surface area contributed by atoms with Crippen molar-refractivity contribution in [3.63, 3.8) is 0 Å². The van der Waals surface area contributed by atoms with Crippen LogP contribution in [-0.2, 0) is 4.79 Å². The van der Waals surface area contributed by atoms with E-state index in [4.69, 9.17) is 4.74 Å². The SMILES string of the molecule is COc1ccccc1N1CCN(CCCCC(=O)c2ccc(SC)c(NC(C)=O)c2)CC1. The van der Waals surface area contributed by atoms with Crippen LogP contribution >= 0.6 is 11.8 Å². The van der Waals surface area contributed by atoms with Crippen molar-refractivity contribution >= 4 is 34.8 Å². The van der Waals surface area contributed by atoms with Crippen molar-refractivity contribution < 1.29 is 14.3 Å². The average Bonchev–Trinajstić information content (AvgIpc) is 2.81. The lowest BCUT2D eigenvalue weighted by molar-refractivity contribution is -0.114. The van der Waals surface area contributed by atoms with Gasteiger partial charge in [0.05, 0.1) is 18.5 Å². The smallest absolute Gasteiger partial charge is 0.221 e. The summed E-state index contributed by atoms with van der Waals surface area (Å²) in [6, 6.07) is 13.7. The molecule has 1 N–H and O–H groups in total. The van der Waals surface area contributed by atoms with Crippen LogP contribution in [0.3, 0.4) is 0 Å². The van der Waals surface area contributed by atoms with Gasteiger partial charge in [-0.15, -0.1) is 11.8 Å². The van der Waals surface area contributed by atoms with Crippen molar-refractivity contribution in [3.8, 4) is 5.75 Å². The maximum atomic E-state index is 12.6. The third-order valence-electron chi connectivity index (χ3n) is 5.76. The summed E-state index contributed by atoms with van der Waals surface area (Å²) in [4.78, 5) is 29.9. The summed E-state index contributed by atoms with van der Waals surface area (Å²) in [6.07, 6.45) is 4.35. The van der Waals surface area contributed by atoms with E-state index in [0.29, 0.717) is 17.7 Å². The van der Waals surface area contributed by atoms with Gasteiger partial charge in [-0.05, 0) is 49.9 Å². The zero-order chi connectivity index (χ0) is 22.9. The highest BCUT2D eigenvalue weighted by molar-refractivity contribution is 7.98. The molecule has 7 heteroatoms. The molecule has 2 aromatic carbocycles. The predicted octanol–water partition coefficient (Wildman–Crippen LogP) is 4.55. The number of para-hydroxylation sites is 2. The number of ketones is 1. The molecular formula is C25H33N3O3S. The van der Waals surface area contributed by atoms with E-state index in [1.807, 2.05) is 30.5 Å². The molecule has 3 rings (SSSR count). The molecule has 1 aliphatic rings. The third-order valence-corrected chi connectivity index (χ3v) is 6.55. The van der Waals surface area contributed by atoms with Crippen molar-refractivity contribution in [1.82, 2.24) is 4.90 Å². The third kappa shape index (κ3) is 6.50. The number of nitrogens with zero attached hydrogens (tertiary/aromatic N) is 2. The number of amides is 1. The lowest BCUT2D eigenvalue weighted by Gasteiger charge is -2.36. The van der Waals surface area contributed by atoms with Crippen molar-refractivity contribution in [2.75, 3.05) is 56.3 Å². The number of piperazine rings is 1. The number of methoxy groups -OCH3 is 1. The van der Waals surface area contributed by atoms with Gasteiger partial charge in [-0.3, -0.25) is 14.5 Å². The zero-order valence-electron chi connectivity index (χ0n) is 19.2. The quantitative estimate of drug-likeness (QED) is 0.322. The van der Waals surface area contributed by atoms with Crippen LogP contribution in [0.2, 0.25) is 0 Å². The number of unbranched alkanes of at least 4 members (excludes halogenated alkanes) is 1. The first-order chi connectivity index (χ1) is 15.5. The first kappa shape index (κ1) is 24.1. The molecule has 0 aromatic heterocycles. The van der Waals surface area contributed by atoms with E-state index in [1.54, 1.807) is 24.9 Å². The van der Waals surface area contributed by atoms with E-state index in [1.165, 1.54) is 6.92 Å². The number of hydrogen-bond acceptors (Lipinski definition) is 6. The van der Waals surface area contributed by atoms with Gasteiger partial charge in [-0.25, -0.2) is 0 Å². The van der Waals surface area contributed by atoms with Crippen LogP contribution < -0.4 is 15.0 Å². The molecule has 0 radical (unpaired) electrons. The Morgan fingerprint density at radius 1 is 1.06 bits per heavy atom. The minimum atomic E-state index is -0.129. The van der Waals surface area contributed by atoms with Gasteiger partial charge in [0.25, 0.3) is 0 Å². The second-order valence-electron chi connectivity index (χ2n) is 7.98. The molecule has 6 nitrogen and oxygen atoms in total. The normalized spacial score (nSPS) is 14.3. The molecule has 1 aliphatic heterocycles. The molecule has 0 saturated carbocycles. The lowest BCUT2D eigenvalue weighted by atomic mass is 10.0. The van der Waals surface area contributed by atoms with Gasteiger partial charge in [0.15, 0.2) is 5.78 Å². The summed E-state index contributed by atoms with van der Waals surface area (Å²) < 4.78 is 5.49. The van der Waals surface area contributed by atoms with Gasteiger partial charge < -0.3 is 15.0 Å². The number of thioether (sulfide) groups is 1. The number of hydrogen-bond donors (Lipinski definition) is 1. The highest BCUT2D eigenvalue weighted by Crippen LogP contribution is 2.29. The molecule has 1 heterocycles. The van der Waals surface area contributed by atoms with Crippen molar-refractivity contribution in [3.05, 3.63) is 48.0 Å². The molecule has 1 fully saturated rings.